The lowest BCUT2D eigenvalue weighted by molar-refractivity contribution is 0.0697. The standard InChI is InChI=1S/C14H11F2NO4S/c1-8-5-6-9(14(18)19)7-12(8)17-22(20,21)13-10(15)3-2-4-11(13)16/h2-7,17H,1H3,(H,18,19). The van der Waals surface area contributed by atoms with Crippen molar-refractivity contribution >= 4 is 21.7 Å². The summed E-state index contributed by atoms with van der Waals surface area (Å²) in [5.74, 6) is -3.73. The number of rotatable bonds is 4. The van der Waals surface area contributed by atoms with Crippen LogP contribution in [0.2, 0.25) is 0 Å². The maximum absolute atomic E-state index is 13.6. The van der Waals surface area contributed by atoms with Gasteiger partial charge in [-0.05, 0) is 36.8 Å². The van der Waals surface area contributed by atoms with Gasteiger partial charge in [0.25, 0.3) is 10.0 Å². The Balaban J connectivity index is 2.50. The molecule has 0 radical (unpaired) electrons. The fraction of sp³-hybridized carbons (Fsp3) is 0.0714. The van der Waals surface area contributed by atoms with Crippen molar-refractivity contribution in [2.24, 2.45) is 0 Å². The molecule has 0 saturated heterocycles. The van der Waals surface area contributed by atoms with Crippen molar-refractivity contribution in [2.75, 3.05) is 4.72 Å². The minimum Gasteiger partial charge on any atom is -0.478 e. The summed E-state index contributed by atoms with van der Waals surface area (Å²) in [5, 5.41) is 8.91. The van der Waals surface area contributed by atoms with E-state index in [2.05, 4.69) is 0 Å². The number of nitrogens with one attached hydrogen (secondary N) is 1. The van der Waals surface area contributed by atoms with E-state index in [0.717, 1.165) is 24.3 Å². The lowest BCUT2D eigenvalue weighted by Gasteiger charge is -2.12. The van der Waals surface area contributed by atoms with Gasteiger partial charge in [0.1, 0.15) is 11.6 Å². The van der Waals surface area contributed by atoms with Gasteiger partial charge in [0, 0.05) is 0 Å². The summed E-state index contributed by atoms with van der Waals surface area (Å²) < 4.78 is 53.5. The van der Waals surface area contributed by atoms with E-state index in [1.54, 1.807) is 0 Å². The smallest absolute Gasteiger partial charge is 0.335 e. The molecule has 5 nitrogen and oxygen atoms in total. The van der Waals surface area contributed by atoms with Crippen LogP contribution in [0, 0.1) is 18.6 Å². The van der Waals surface area contributed by atoms with Gasteiger partial charge in [-0.1, -0.05) is 12.1 Å². The zero-order chi connectivity index (χ0) is 16.5. The maximum Gasteiger partial charge on any atom is 0.335 e. The number of benzene rings is 2. The van der Waals surface area contributed by atoms with Gasteiger partial charge in [0.2, 0.25) is 0 Å². The molecule has 0 aromatic heterocycles. The van der Waals surface area contributed by atoms with Crippen molar-refractivity contribution in [3.63, 3.8) is 0 Å². The summed E-state index contributed by atoms with van der Waals surface area (Å²) in [6, 6.07) is 6.43. The number of aromatic carboxylic acids is 1. The fourth-order valence-electron chi connectivity index (χ4n) is 1.80. The molecule has 0 aliphatic carbocycles. The predicted molar refractivity (Wildman–Crippen MR) is 75.3 cm³/mol. The first-order chi connectivity index (χ1) is 10.2. The third-order valence-corrected chi connectivity index (χ3v) is 4.33. The number of hydrogen-bond donors (Lipinski definition) is 2. The number of hydrogen-bond acceptors (Lipinski definition) is 3. The molecular formula is C14H11F2NO4S. The number of anilines is 1. The van der Waals surface area contributed by atoms with Crippen LogP contribution in [0.15, 0.2) is 41.3 Å². The zero-order valence-electron chi connectivity index (χ0n) is 11.3. The van der Waals surface area contributed by atoms with Crippen molar-refractivity contribution in [1.82, 2.24) is 0 Å². The minimum absolute atomic E-state index is 0.0671. The number of sulfonamides is 1. The summed E-state index contributed by atoms with van der Waals surface area (Å²) in [4.78, 5) is 9.80. The summed E-state index contributed by atoms with van der Waals surface area (Å²) in [6.45, 7) is 1.53. The summed E-state index contributed by atoms with van der Waals surface area (Å²) in [7, 11) is -4.53. The highest BCUT2D eigenvalue weighted by molar-refractivity contribution is 7.92. The van der Waals surface area contributed by atoms with Crippen LogP contribution in [-0.4, -0.2) is 19.5 Å². The summed E-state index contributed by atoms with van der Waals surface area (Å²) in [6.07, 6.45) is 0. The number of carboxylic acids is 1. The molecule has 2 rings (SSSR count). The molecular weight excluding hydrogens is 316 g/mol. The van der Waals surface area contributed by atoms with Crippen LogP contribution in [0.25, 0.3) is 0 Å². The first-order valence-corrected chi connectivity index (χ1v) is 7.51. The van der Waals surface area contributed by atoms with Crippen molar-refractivity contribution in [2.45, 2.75) is 11.8 Å². The molecule has 0 fully saturated rings. The quantitative estimate of drug-likeness (QED) is 0.904. The molecule has 0 aliphatic rings. The van der Waals surface area contributed by atoms with Crippen LogP contribution >= 0.6 is 0 Å². The van der Waals surface area contributed by atoms with Crippen LogP contribution in [0.4, 0.5) is 14.5 Å². The van der Waals surface area contributed by atoms with E-state index in [4.69, 9.17) is 5.11 Å². The van der Waals surface area contributed by atoms with Gasteiger partial charge in [-0.15, -0.1) is 0 Å². The lowest BCUT2D eigenvalue weighted by atomic mass is 10.1. The Hall–Kier alpha value is -2.48. The van der Waals surface area contributed by atoms with Crippen LogP contribution in [-0.2, 0) is 10.0 Å². The van der Waals surface area contributed by atoms with Crippen LogP contribution in [0.5, 0.6) is 0 Å². The normalized spacial score (nSPS) is 11.2. The Morgan fingerprint density at radius 2 is 1.73 bits per heavy atom. The van der Waals surface area contributed by atoms with Crippen LogP contribution in [0.3, 0.4) is 0 Å². The Bertz CT molecular complexity index is 830. The molecule has 0 aliphatic heterocycles. The van der Waals surface area contributed by atoms with E-state index in [-0.39, 0.29) is 11.3 Å². The van der Waals surface area contributed by atoms with Crippen molar-refractivity contribution in [3.05, 3.63) is 59.2 Å². The average Bonchev–Trinajstić information content (AvgIpc) is 2.40. The molecule has 0 spiro atoms. The van der Waals surface area contributed by atoms with Gasteiger partial charge in [-0.25, -0.2) is 22.0 Å². The van der Waals surface area contributed by atoms with Gasteiger partial charge in [-0.2, -0.15) is 0 Å². The van der Waals surface area contributed by atoms with Crippen LogP contribution in [0.1, 0.15) is 15.9 Å². The van der Waals surface area contributed by atoms with E-state index in [1.807, 2.05) is 4.72 Å². The van der Waals surface area contributed by atoms with Crippen molar-refractivity contribution in [1.29, 1.82) is 0 Å². The first kappa shape index (κ1) is 15.9. The number of carboxylic acid groups (broad SMARTS) is 1. The van der Waals surface area contributed by atoms with Gasteiger partial charge in [0.15, 0.2) is 4.90 Å². The Morgan fingerprint density at radius 1 is 1.14 bits per heavy atom. The van der Waals surface area contributed by atoms with Gasteiger partial charge in [0.05, 0.1) is 11.3 Å². The average molecular weight is 327 g/mol. The van der Waals surface area contributed by atoms with E-state index in [0.29, 0.717) is 5.56 Å². The van der Waals surface area contributed by atoms with E-state index >= 15 is 0 Å². The molecule has 0 unspecified atom stereocenters. The molecule has 22 heavy (non-hydrogen) atoms. The minimum atomic E-state index is -4.53. The first-order valence-electron chi connectivity index (χ1n) is 6.03. The van der Waals surface area contributed by atoms with Crippen LogP contribution < -0.4 is 4.72 Å². The molecule has 0 amide bonds. The monoisotopic (exact) mass is 327 g/mol. The largest absolute Gasteiger partial charge is 0.478 e. The Kier molecular flexibility index (Phi) is 4.14. The predicted octanol–water partition coefficient (Wildman–Crippen LogP) is 2.77. The summed E-state index contributed by atoms with van der Waals surface area (Å²) >= 11 is 0. The van der Waals surface area contributed by atoms with E-state index < -0.39 is 32.5 Å². The second-order valence-corrected chi connectivity index (χ2v) is 6.11. The SMILES string of the molecule is Cc1ccc(C(=O)O)cc1NS(=O)(=O)c1c(F)cccc1F. The fourth-order valence-corrected chi connectivity index (χ4v) is 3.06. The Labute approximate surface area is 125 Å². The number of aryl methyl sites for hydroxylation is 1. The van der Waals surface area contributed by atoms with Gasteiger partial charge in [-0.3, -0.25) is 4.72 Å². The lowest BCUT2D eigenvalue weighted by Crippen LogP contribution is -2.17. The third-order valence-electron chi connectivity index (χ3n) is 2.92. The maximum atomic E-state index is 13.6. The Morgan fingerprint density at radius 3 is 2.27 bits per heavy atom. The van der Waals surface area contributed by atoms with Crippen molar-refractivity contribution in [3.8, 4) is 0 Å². The summed E-state index contributed by atoms with van der Waals surface area (Å²) in [5.41, 5.74) is 0.185. The topological polar surface area (TPSA) is 83.5 Å². The molecule has 116 valence electrons. The zero-order valence-corrected chi connectivity index (χ0v) is 12.1. The molecule has 2 N–H and O–H groups in total. The van der Waals surface area contributed by atoms with E-state index in [1.165, 1.54) is 19.1 Å². The molecule has 0 saturated carbocycles. The van der Waals surface area contributed by atoms with Crippen molar-refractivity contribution < 1.29 is 27.1 Å². The third kappa shape index (κ3) is 3.06. The molecule has 8 heteroatoms. The number of halogens is 2. The molecule has 0 heterocycles. The number of carbonyl (C=O) groups is 1. The highest BCUT2D eigenvalue weighted by Crippen LogP contribution is 2.24. The van der Waals surface area contributed by atoms with E-state index in [9.17, 15) is 22.0 Å². The molecule has 2 aromatic rings. The second kappa shape index (κ2) is 5.72. The molecule has 0 bridgehead atoms. The highest BCUT2D eigenvalue weighted by Gasteiger charge is 2.24. The van der Waals surface area contributed by atoms with Gasteiger partial charge >= 0.3 is 5.97 Å². The van der Waals surface area contributed by atoms with Gasteiger partial charge < -0.3 is 5.11 Å². The molecule has 0 atom stereocenters. The highest BCUT2D eigenvalue weighted by atomic mass is 32.2. The molecule has 2 aromatic carbocycles. The second-order valence-electron chi connectivity index (χ2n) is 4.49.